The summed E-state index contributed by atoms with van der Waals surface area (Å²) in [6, 6.07) is 0.500. The first-order chi connectivity index (χ1) is 5.76. The fourth-order valence-electron chi connectivity index (χ4n) is 1.31. The van der Waals surface area contributed by atoms with Gasteiger partial charge in [-0.2, -0.15) is 0 Å². The fourth-order valence-corrected chi connectivity index (χ4v) is 1.31. The van der Waals surface area contributed by atoms with E-state index in [0.717, 1.165) is 19.7 Å². The molecule has 0 aromatic heterocycles. The van der Waals surface area contributed by atoms with Crippen molar-refractivity contribution < 1.29 is 4.74 Å². The summed E-state index contributed by atoms with van der Waals surface area (Å²) < 4.78 is 5.14. The van der Waals surface area contributed by atoms with E-state index in [1.807, 2.05) is 7.05 Å². The van der Waals surface area contributed by atoms with Gasteiger partial charge in [-0.15, -0.1) is 0 Å². The van der Waals surface area contributed by atoms with Gasteiger partial charge in [0.2, 0.25) is 0 Å². The van der Waals surface area contributed by atoms with Crippen LogP contribution in [0.25, 0.3) is 0 Å². The van der Waals surface area contributed by atoms with Crippen molar-refractivity contribution in [3.63, 3.8) is 0 Å². The first-order valence-corrected chi connectivity index (χ1v) is 4.60. The molecule has 1 atom stereocenters. The Morgan fingerprint density at radius 1 is 1.50 bits per heavy atom. The van der Waals surface area contributed by atoms with Crippen LogP contribution < -0.4 is 5.32 Å². The highest BCUT2D eigenvalue weighted by atomic mass is 16.5. The topological polar surface area (TPSA) is 24.5 Å². The van der Waals surface area contributed by atoms with Crippen molar-refractivity contribution >= 4 is 0 Å². The molecule has 74 valence electrons. The molecule has 0 heterocycles. The molecule has 0 spiro atoms. The van der Waals surface area contributed by atoms with Crippen LogP contribution in [0.15, 0.2) is 0 Å². The Balaban J connectivity index is 3.72. The molecule has 3 nitrogen and oxygen atoms in total. The number of likely N-dealkylation sites (N-methyl/N-ethyl adjacent to an activating group) is 2. The number of nitrogens with one attached hydrogen (secondary N) is 1. The number of rotatable bonds is 7. The number of nitrogens with zero attached hydrogens (tertiary/aromatic N) is 1. The fraction of sp³-hybridized carbons (Fsp3) is 1.00. The summed E-state index contributed by atoms with van der Waals surface area (Å²) in [7, 11) is 5.87. The van der Waals surface area contributed by atoms with Crippen molar-refractivity contribution in [2.24, 2.45) is 0 Å². The van der Waals surface area contributed by atoms with Crippen molar-refractivity contribution in [2.75, 3.05) is 40.9 Å². The second-order valence-electron chi connectivity index (χ2n) is 3.15. The van der Waals surface area contributed by atoms with E-state index in [1.54, 1.807) is 7.11 Å². The van der Waals surface area contributed by atoms with Crippen molar-refractivity contribution in [3.8, 4) is 0 Å². The van der Waals surface area contributed by atoms with Gasteiger partial charge in [0.1, 0.15) is 0 Å². The maximum Gasteiger partial charge on any atom is 0.0630 e. The second kappa shape index (κ2) is 7.53. The number of methoxy groups -OCH3 is 1. The van der Waals surface area contributed by atoms with Gasteiger partial charge in [0.15, 0.2) is 0 Å². The molecule has 1 N–H and O–H groups in total. The molecule has 0 fully saturated rings. The van der Waals surface area contributed by atoms with Crippen LogP contribution in [-0.2, 0) is 4.74 Å². The maximum absolute atomic E-state index is 5.14. The van der Waals surface area contributed by atoms with Gasteiger partial charge in [-0.3, -0.25) is 4.90 Å². The Morgan fingerprint density at radius 2 is 2.17 bits per heavy atom. The highest BCUT2D eigenvalue weighted by Crippen LogP contribution is 1.96. The minimum atomic E-state index is 0.500. The molecule has 0 aromatic carbocycles. The van der Waals surface area contributed by atoms with Gasteiger partial charge in [0.25, 0.3) is 0 Å². The van der Waals surface area contributed by atoms with Crippen LogP contribution in [0.5, 0.6) is 0 Å². The lowest BCUT2D eigenvalue weighted by Gasteiger charge is -2.26. The van der Waals surface area contributed by atoms with Gasteiger partial charge in [-0.1, -0.05) is 6.92 Å². The van der Waals surface area contributed by atoms with Crippen molar-refractivity contribution in [1.82, 2.24) is 10.2 Å². The minimum Gasteiger partial charge on any atom is -0.383 e. The maximum atomic E-state index is 5.14. The molecule has 0 bridgehead atoms. The van der Waals surface area contributed by atoms with Crippen molar-refractivity contribution in [1.29, 1.82) is 0 Å². The van der Waals surface area contributed by atoms with Gasteiger partial charge in [0.05, 0.1) is 6.61 Å². The van der Waals surface area contributed by atoms with E-state index in [-0.39, 0.29) is 0 Å². The molecule has 0 aromatic rings. The third kappa shape index (κ3) is 4.70. The molecule has 0 rings (SSSR count). The molecule has 12 heavy (non-hydrogen) atoms. The summed E-state index contributed by atoms with van der Waals surface area (Å²) in [5.41, 5.74) is 0. The average Bonchev–Trinajstić information content (AvgIpc) is 2.04. The van der Waals surface area contributed by atoms with E-state index >= 15 is 0 Å². The Bertz CT molecular complexity index is 92.5. The zero-order valence-electron chi connectivity index (χ0n) is 8.76. The Kier molecular flexibility index (Phi) is 7.45. The summed E-state index contributed by atoms with van der Waals surface area (Å²) in [5.74, 6) is 0. The normalized spacial score (nSPS) is 13.8. The molecule has 0 radical (unpaired) electrons. The van der Waals surface area contributed by atoms with Crippen LogP contribution >= 0.6 is 0 Å². The molecule has 0 saturated heterocycles. The van der Waals surface area contributed by atoms with E-state index in [1.165, 1.54) is 6.42 Å². The molecule has 0 aliphatic heterocycles. The Morgan fingerprint density at radius 3 is 2.58 bits per heavy atom. The van der Waals surface area contributed by atoms with Gasteiger partial charge < -0.3 is 10.1 Å². The Labute approximate surface area is 76.1 Å². The lowest BCUT2D eigenvalue weighted by Crippen LogP contribution is -2.42. The summed E-state index contributed by atoms with van der Waals surface area (Å²) in [6.45, 7) is 5.12. The molecule has 1 unspecified atom stereocenters. The molecule has 0 saturated carbocycles. The van der Waals surface area contributed by atoms with Gasteiger partial charge in [-0.05, 0) is 27.1 Å². The molecule has 0 amide bonds. The average molecular weight is 174 g/mol. The third-order valence-corrected chi connectivity index (χ3v) is 2.00. The standard InChI is InChI=1S/C9H22N2O/c1-5-6-11(3)9(7-10-2)8-12-4/h9-10H,5-8H2,1-4H3. The minimum absolute atomic E-state index is 0.500. The lowest BCUT2D eigenvalue weighted by atomic mass is 10.2. The molecule has 0 aliphatic carbocycles. The summed E-state index contributed by atoms with van der Waals surface area (Å²) >= 11 is 0. The first kappa shape index (κ1) is 11.9. The molecular formula is C9H22N2O. The summed E-state index contributed by atoms with van der Waals surface area (Å²) in [6.07, 6.45) is 1.19. The van der Waals surface area contributed by atoms with E-state index < -0.39 is 0 Å². The van der Waals surface area contributed by atoms with Crippen LogP contribution in [-0.4, -0.2) is 51.8 Å². The molecule has 0 aliphatic rings. The quantitative estimate of drug-likeness (QED) is 0.610. The SMILES string of the molecule is CCCN(C)C(CNC)COC. The zero-order chi connectivity index (χ0) is 9.40. The van der Waals surface area contributed by atoms with Crippen molar-refractivity contribution in [2.45, 2.75) is 19.4 Å². The number of hydrogen-bond donors (Lipinski definition) is 1. The van der Waals surface area contributed by atoms with E-state index in [4.69, 9.17) is 4.74 Å². The van der Waals surface area contributed by atoms with Crippen LogP contribution in [0.3, 0.4) is 0 Å². The molecule has 3 heteroatoms. The molecular weight excluding hydrogens is 152 g/mol. The largest absolute Gasteiger partial charge is 0.383 e. The third-order valence-electron chi connectivity index (χ3n) is 2.00. The van der Waals surface area contributed by atoms with Crippen LogP contribution in [0.1, 0.15) is 13.3 Å². The summed E-state index contributed by atoms with van der Waals surface area (Å²) in [4.78, 5) is 2.33. The van der Waals surface area contributed by atoms with Crippen LogP contribution in [0, 0.1) is 0 Å². The predicted octanol–water partition coefficient (Wildman–Crippen LogP) is 0.563. The smallest absolute Gasteiger partial charge is 0.0630 e. The number of hydrogen-bond acceptors (Lipinski definition) is 3. The highest BCUT2D eigenvalue weighted by Gasteiger charge is 2.11. The zero-order valence-corrected chi connectivity index (χ0v) is 8.76. The van der Waals surface area contributed by atoms with Crippen LogP contribution in [0.2, 0.25) is 0 Å². The first-order valence-electron chi connectivity index (χ1n) is 4.60. The number of ether oxygens (including phenoxy) is 1. The van der Waals surface area contributed by atoms with Gasteiger partial charge in [0, 0.05) is 19.7 Å². The van der Waals surface area contributed by atoms with E-state index in [2.05, 4.69) is 24.2 Å². The highest BCUT2D eigenvalue weighted by molar-refractivity contribution is 4.69. The van der Waals surface area contributed by atoms with E-state index in [0.29, 0.717) is 6.04 Å². The van der Waals surface area contributed by atoms with Crippen LogP contribution in [0.4, 0.5) is 0 Å². The Hall–Kier alpha value is -0.120. The van der Waals surface area contributed by atoms with Gasteiger partial charge >= 0.3 is 0 Å². The predicted molar refractivity (Wildman–Crippen MR) is 52.5 cm³/mol. The lowest BCUT2D eigenvalue weighted by molar-refractivity contribution is 0.106. The van der Waals surface area contributed by atoms with Gasteiger partial charge in [-0.25, -0.2) is 0 Å². The van der Waals surface area contributed by atoms with E-state index in [9.17, 15) is 0 Å². The summed E-state index contributed by atoms with van der Waals surface area (Å²) in [5, 5.41) is 3.17. The monoisotopic (exact) mass is 174 g/mol. The van der Waals surface area contributed by atoms with Crippen molar-refractivity contribution in [3.05, 3.63) is 0 Å². The second-order valence-corrected chi connectivity index (χ2v) is 3.15.